The second-order valence-corrected chi connectivity index (χ2v) is 11.2. The highest BCUT2D eigenvalue weighted by molar-refractivity contribution is 8.15. The SMILES string of the molecule is COC(=CC1=CC(O)=S(O[Cl+3]([O-])([O-])[O-])C(C=C(OC)c2ccc(N(C)C)cc2)=C1)c1ccc(N(C)C)cc1. The highest BCUT2D eigenvalue weighted by Crippen LogP contribution is 2.38. The molecule has 1 N–H and O–H groups in total. The highest BCUT2D eigenvalue weighted by atomic mass is 35.7. The molecule has 204 valence electrons. The van der Waals surface area contributed by atoms with Gasteiger partial charge in [-0.25, -0.2) is 0 Å². The number of nitrogens with zero attached hydrogens (tertiary/aromatic N) is 2. The van der Waals surface area contributed by atoms with Crippen molar-refractivity contribution in [1.82, 2.24) is 0 Å². The summed E-state index contributed by atoms with van der Waals surface area (Å²) < 4.78 is 50.1. The molecule has 3 rings (SSSR count). The Bertz CT molecular complexity index is 1290. The Kier molecular flexibility index (Phi) is 9.80. The molecule has 1 heterocycles. The van der Waals surface area contributed by atoms with Crippen LogP contribution in [0, 0.1) is 10.2 Å². The second-order valence-electron chi connectivity index (χ2n) is 8.55. The molecule has 0 amide bonds. The first-order valence-electron chi connectivity index (χ1n) is 11.3. The van der Waals surface area contributed by atoms with Crippen molar-refractivity contribution < 1.29 is 42.5 Å². The van der Waals surface area contributed by atoms with E-state index >= 15 is 0 Å². The van der Waals surface area contributed by atoms with Crippen LogP contribution in [0.2, 0.25) is 0 Å². The quantitative estimate of drug-likeness (QED) is 0.342. The molecule has 1 aliphatic rings. The lowest BCUT2D eigenvalue weighted by Crippen LogP contribution is -2.60. The van der Waals surface area contributed by atoms with Gasteiger partial charge in [0.05, 0.1) is 24.5 Å². The normalized spacial score (nSPS) is 16.6. The van der Waals surface area contributed by atoms with Crippen LogP contribution >= 0.6 is 10.8 Å². The molecule has 0 aliphatic carbocycles. The van der Waals surface area contributed by atoms with E-state index in [1.807, 2.05) is 86.5 Å². The molecule has 1 atom stereocenters. The number of rotatable bonds is 10. The van der Waals surface area contributed by atoms with Crippen LogP contribution in [0.5, 0.6) is 0 Å². The third-order valence-electron chi connectivity index (χ3n) is 5.49. The molecular weight excluding hydrogens is 532 g/mol. The Morgan fingerprint density at radius 2 is 1.21 bits per heavy atom. The molecule has 0 saturated carbocycles. The van der Waals surface area contributed by atoms with E-state index in [-0.39, 0.29) is 4.91 Å². The van der Waals surface area contributed by atoms with Crippen LogP contribution in [0.15, 0.2) is 83.3 Å². The van der Waals surface area contributed by atoms with Gasteiger partial charge in [0.2, 0.25) is 0 Å². The number of methoxy groups -OCH3 is 2. The number of allylic oxidation sites excluding steroid dienone is 4. The summed E-state index contributed by atoms with van der Waals surface area (Å²) in [5, 5.41) is 10.3. The Labute approximate surface area is 227 Å². The number of aliphatic hydroxyl groups is 1. The highest BCUT2D eigenvalue weighted by Gasteiger charge is 2.29. The van der Waals surface area contributed by atoms with Crippen molar-refractivity contribution >= 4 is 38.7 Å². The van der Waals surface area contributed by atoms with E-state index < -0.39 is 26.1 Å². The van der Waals surface area contributed by atoms with E-state index in [1.165, 1.54) is 26.4 Å². The average molecular weight is 563 g/mol. The van der Waals surface area contributed by atoms with Crippen molar-refractivity contribution in [3.63, 3.8) is 0 Å². The van der Waals surface area contributed by atoms with Crippen LogP contribution in [0.1, 0.15) is 11.1 Å². The molecule has 0 radical (unpaired) electrons. The number of anilines is 2. The van der Waals surface area contributed by atoms with Gasteiger partial charge in [0.15, 0.2) is 10.8 Å². The molecule has 0 fully saturated rings. The van der Waals surface area contributed by atoms with Gasteiger partial charge in [0.1, 0.15) is 20.3 Å². The minimum absolute atomic E-state index is 0.218. The minimum atomic E-state index is -4.82. The number of ether oxygens (including phenoxy) is 2. The Morgan fingerprint density at radius 3 is 1.61 bits per heavy atom. The summed E-state index contributed by atoms with van der Waals surface area (Å²) in [5.74, 6) is 0.893. The van der Waals surface area contributed by atoms with Crippen LogP contribution in [0.3, 0.4) is 0 Å². The van der Waals surface area contributed by atoms with Gasteiger partial charge in [-0.2, -0.15) is 14.0 Å². The third-order valence-corrected chi connectivity index (χ3v) is 7.77. The van der Waals surface area contributed by atoms with Crippen molar-refractivity contribution in [2.75, 3.05) is 52.2 Å². The molecular formula is C27H31ClN2O7S. The first-order valence-corrected chi connectivity index (χ1v) is 13.7. The van der Waals surface area contributed by atoms with Gasteiger partial charge in [0, 0.05) is 55.6 Å². The van der Waals surface area contributed by atoms with Gasteiger partial charge in [-0.15, -0.1) is 0 Å². The van der Waals surface area contributed by atoms with E-state index in [0.29, 0.717) is 22.7 Å². The standard InChI is InChI=1S/C27H31ClN2O7S/c1-29(2)22-11-7-20(8-12-22)25(35-5)16-19-15-24(38(27(31)17-19)37-28(32,33)34)18-26(36-6)21-9-13-23(14-10-21)30(3)4/h7-18,31H,1-6H3. The lowest BCUT2D eigenvalue weighted by Gasteiger charge is -2.18. The van der Waals surface area contributed by atoms with Crippen LogP contribution in [-0.2, 0) is 13.2 Å². The lowest BCUT2D eigenvalue weighted by molar-refractivity contribution is -1.91. The van der Waals surface area contributed by atoms with Crippen LogP contribution < -0.4 is 23.8 Å². The summed E-state index contributed by atoms with van der Waals surface area (Å²) in [6.07, 6.45) is 6.15. The smallest absolute Gasteiger partial charge is 0.170 e. The largest absolute Gasteiger partial charge is 0.496 e. The van der Waals surface area contributed by atoms with Crippen molar-refractivity contribution in [1.29, 1.82) is 0 Å². The fourth-order valence-corrected chi connectivity index (χ4v) is 5.66. The summed E-state index contributed by atoms with van der Waals surface area (Å²) in [6, 6.07) is 15.2. The molecule has 0 spiro atoms. The molecule has 1 unspecified atom stereocenters. The Hall–Kier alpha value is -3.09. The summed E-state index contributed by atoms with van der Waals surface area (Å²) in [7, 11) is 4.02. The number of hydrogen-bond acceptors (Lipinski definition) is 8. The maximum atomic E-state index is 11.4. The minimum Gasteiger partial charge on any atom is -0.496 e. The van der Waals surface area contributed by atoms with E-state index in [2.05, 4.69) is 3.74 Å². The number of benzene rings is 2. The molecule has 1 aliphatic heterocycles. The Morgan fingerprint density at radius 1 is 0.763 bits per heavy atom. The first kappa shape index (κ1) is 29.5. The number of aliphatic hydroxyl groups excluding tert-OH is 1. The molecule has 0 saturated heterocycles. The van der Waals surface area contributed by atoms with Crippen LogP contribution in [0.25, 0.3) is 11.5 Å². The second kappa shape index (κ2) is 12.6. The molecule has 11 heteroatoms. The summed E-state index contributed by atoms with van der Waals surface area (Å²) >= 11 is 0. The monoisotopic (exact) mass is 562 g/mol. The van der Waals surface area contributed by atoms with E-state index in [4.69, 9.17) is 9.47 Å². The lowest BCUT2D eigenvalue weighted by atomic mass is 10.1. The predicted molar refractivity (Wildman–Crippen MR) is 144 cm³/mol. The van der Waals surface area contributed by atoms with Gasteiger partial charge in [-0.1, -0.05) is 0 Å². The van der Waals surface area contributed by atoms with Crippen molar-refractivity contribution in [2.24, 2.45) is 0 Å². The summed E-state index contributed by atoms with van der Waals surface area (Å²) in [6.45, 7) is 0. The van der Waals surface area contributed by atoms with E-state index in [9.17, 15) is 19.1 Å². The molecule has 0 aromatic heterocycles. The molecule has 2 aromatic carbocycles. The molecule has 9 nitrogen and oxygen atoms in total. The van der Waals surface area contributed by atoms with Crippen molar-refractivity contribution in [3.8, 4) is 0 Å². The molecule has 38 heavy (non-hydrogen) atoms. The van der Waals surface area contributed by atoms with E-state index in [1.54, 1.807) is 12.2 Å². The van der Waals surface area contributed by atoms with Gasteiger partial charge in [-0.3, -0.25) is 0 Å². The zero-order valence-corrected chi connectivity index (χ0v) is 23.6. The number of hydrogen-bond donors (Lipinski definition) is 1. The number of halogens is 1. The molecule has 0 bridgehead atoms. The van der Waals surface area contributed by atoms with E-state index in [0.717, 1.165) is 16.9 Å². The van der Waals surface area contributed by atoms with Gasteiger partial charge < -0.3 is 24.4 Å². The fraction of sp³-hybridized carbons (Fsp3) is 0.222. The van der Waals surface area contributed by atoms with Gasteiger partial charge >= 0.3 is 0 Å². The van der Waals surface area contributed by atoms with Gasteiger partial charge in [-0.05, 0) is 78.4 Å². The summed E-state index contributed by atoms with van der Waals surface area (Å²) in [5.41, 5.74) is 3.99. The fourth-order valence-electron chi connectivity index (χ4n) is 3.55. The summed E-state index contributed by atoms with van der Waals surface area (Å²) in [4.78, 5) is 4.14. The predicted octanol–water partition coefficient (Wildman–Crippen LogP) is 2.10. The van der Waals surface area contributed by atoms with Crippen LogP contribution in [0.4, 0.5) is 11.4 Å². The average Bonchev–Trinajstić information content (AvgIpc) is 2.87. The first-order chi connectivity index (χ1) is 17.9. The zero-order valence-electron chi connectivity index (χ0n) is 22.0. The topological polar surface area (TPSA) is 124 Å². The maximum Gasteiger partial charge on any atom is 0.170 e. The maximum absolute atomic E-state index is 11.4. The third kappa shape index (κ3) is 7.71. The van der Waals surface area contributed by atoms with Crippen molar-refractivity contribution in [2.45, 2.75) is 0 Å². The molecule has 2 aromatic rings. The Balaban J connectivity index is 2.08. The van der Waals surface area contributed by atoms with Crippen LogP contribution in [-0.4, -0.2) is 52.6 Å². The van der Waals surface area contributed by atoms with Gasteiger partial charge in [0.25, 0.3) is 0 Å². The van der Waals surface area contributed by atoms with Crippen molar-refractivity contribution in [3.05, 3.63) is 94.4 Å². The zero-order chi connectivity index (χ0) is 28.0.